The molecule has 5 nitrogen and oxygen atoms in total. The molecule has 5 heteroatoms. The summed E-state index contributed by atoms with van der Waals surface area (Å²) in [6.07, 6.45) is 0. The number of fused-ring (bicyclic) bond motifs is 1. The van der Waals surface area contributed by atoms with E-state index in [2.05, 4.69) is 4.98 Å². The average molecular weight is 255 g/mol. The lowest BCUT2D eigenvalue weighted by Crippen LogP contribution is -2.15. The van der Waals surface area contributed by atoms with Gasteiger partial charge < -0.3 is 10.2 Å². The molecular weight excluding hydrogens is 242 g/mol. The van der Waals surface area contributed by atoms with Crippen LogP contribution in [-0.4, -0.2) is 9.55 Å². The smallest absolute Gasteiger partial charge is 0.408 e. The van der Waals surface area contributed by atoms with Crippen LogP contribution in [0, 0.1) is 6.92 Å². The predicted octanol–water partition coefficient (Wildman–Crippen LogP) is 1.93. The van der Waals surface area contributed by atoms with Crippen LogP contribution in [0.4, 0.5) is 5.69 Å². The second-order valence-corrected chi connectivity index (χ2v) is 4.45. The topological polar surface area (TPSA) is 74.0 Å². The van der Waals surface area contributed by atoms with Crippen molar-refractivity contribution in [1.29, 1.82) is 0 Å². The van der Waals surface area contributed by atoms with Crippen LogP contribution >= 0.6 is 0 Å². The van der Waals surface area contributed by atoms with Gasteiger partial charge in [-0.2, -0.15) is 0 Å². The van der Waals surface area contributed by atoms with Gasteiger partial charge in [0.1, 0.15) is 0 Å². The molecule has 0 aliphatic rings. The number of oxazole rings is 1. The molecule has 0 radical (unpaired) electrons. The number of pyridine rings is 1. The maximum Gasteiger partial charge on any atom is 0.420 e. The molecule has 1 aromatic carbocycles. The molecule has 0 saturated heterocycles. The van der Waals surface area contributed by atoms with Crippen LogP contribution in [0.5, 0.6) is 0 Å². The number of anilines is 1. The highest BCUT2D eigenvalue weighted by molar-refractivity contribution is 5.77. The van der Waals surface area contributed by atoms with Gasteiger partial charge in [-0.15, -0.1) is 0 Å². The summed E-state index contributed by atoms with van der Waals surface area (Å²) in [5.41, 5.74) is 9.29. The van der Waals surface area contributed by atoms with E-state index in [9.17, 15) is 4.79 Å². The molecule has 0 saturated carbocycles. The van der Waals surface area contributed by atoms with Gasteiger partial charge in [-0.25, -0.2) is 4.79 Å². The molecule has 2 N–H and O–H groups in total. The minimum atomic E-state index is -0.399. The lowest BCUT2D eigenvalue weighted by Gasteiger charge is -2.03. The number of nitrogens with two attached hydrogens (primary N) is 1. The maximum absolute atomic E-state index is 11.9. The zero-order valence-corrected chi connectivity index (χ0v) is 10.5. The monoisotopic (exact) mass is 255 g/mol. The molecule has 0 fully saturated rings. The van der Waals surface area contributed by atoms with Gasteiger partial charge in [0.15, 0.2) is 5.58 Å². The molecule has 0 aliphatic carbocycles. The first kappa shape index (κ1) is 11.5. The summed E-state index contributed by atoms with van der Waals surface area (Å²) in [5.74, 6) is -0.399. The largest absolute Gasteiger partial charge is 0.420 e. The van der Waals surface area contributed by atoms with Crippen molar-refractivity contribution in [3.8, 4) is 0 Å². The summed E-state index contributed by atoms with van der Waals surface area (Å²) in [5, 5.41) is 0. The highest BCUT2D eigenvalue weighted by atomic mass is 16.4. The third-order valence-electron chi connectivity index (χ3n) is 2.96. The molecule has 0 aliphatic heterocycles. The fourth-order valence-corrected chi connectivity index (χ4v) is 2.08. The standard InChI is InChI=1S/C14H13N3O2/c1-9-3-2-4-11(16-9)8-17-12-7-10(15)5-6-13(12)19-14(17)18/h2-7H,8,15H2,1H3. The molecule has 2 aromatic heterocycles. The van der Waals surface area contributed by atoms with E-state index in [0.717, 1.165) is 11.4 Å². The number of aromatic nitrogens is 2. The summed E-state index contributed by atoms with van der Waals surface area (Å²) in [4.78, 5) is 16.3. The SMILES string of the molecule is Cc1cccc(Cn2c(=O)oc3ccc(N)cc32)n1. The van der Waals surface area contributed by atoms with Crippen molar-refractivity contribution in [3.05, 3.63) is 58.3 Å². The minimum absolute atomic E-state index is 0.372. The molecule has 0 amide bonds. The van der Waals surface area contributed by atoms with E-state index in [0.29, 0.717) is 23.3 Å². The van der Waals surface area contributed by atoms with E-state index < -0.39 is 5.76 Å². The zero-order chi connectivity index (χ0) is 13.4. The molecule has 3 aromatic rings. The first-order chi connectivity index (χ1) is 9.13. The highest BCUT2D eigenvalue weighted by Gasteiger charge is 2.10. The van der Waals surface area contributed by atoms with Gasteiger partial charge in [-0.05, 0) is 37.3 Å². The van der Waals surface area contributed by atoms with Gasteiger partial charge in [0.2, 0.25) is 0 Å². The van der Waals surface area contributed by atoms with Crippen LogP contribution in [0.2, 0.25) is 0 Å². The zero-order valence-electron chi connectivity index (χ0n) is 10.5. The van der Waals surface area contributed by atoms with E-state index >= 15 is 0 Å². The summed E-state index contributed by atoms with van der Waals surface area (Å²) < 4.78 is 6.72. The Kier molecular flexibility index (Phi) is 2.59. The molecule has 2 heterocycles. The molecular formula is C14H13N3O2. The normalized spacial score (nSPS) is 11.0. The maximum atomic E-state index is 11.9. The molecule has 0 bridgehead atoms. The Balaban J connectivity index is 2.12. The third kappa shape index (κ3) is 2.10. The van der Waals surface area contributed by atoms with Crippen molar-refractivity contribution in [3.63, 3.8) is 0 Å². The second-order valence-electron chi connectivity index (χ2n) is 4.45. The van der Waals surface area contributed by atoms with Crippen LogP contribution in [0.1, 0.15) is 11.4 Å². The van der Waals surface area contributed by atoms with Crippen molar-refractivity contribution < 1.29 is 4.42 Å². The second kappa shape index (κ2) is 4.28. The van der Waals surface area contributed by atoms with Gasteiger partial charge in [-0.3, -0.25) is 9.55 Å². The van der Waals surface area contributed by atoms with Crippen LogP contribution in [0.3, 0.4) is 0 Å². The Labute approximate surface area is 109 Å². The lowest BCUT2D eigenvalue weighted by atomic mass is 10.2. The first-order valence-electron chi connectivity index (χ1n) is 5.95. The molecule has 96 valence electrons. The van der Waals surface area contributed by atoms with E-state index in [1.54, 1.807) is 18.2 Å². The fourth-order valence-electron chi connectivity index (χ4n) is 2.08. The third-order valence-corrected chi connectivity index (χ3v) is 2.96. The minimum Gasteiger partial charge on any atom is -0.408 e. The Morgan fingerprint density at radius 2 is 2.16 bits per heavy atom. The van der Waals surface area contributed by atoms with Crippen molar-refractivity contribution >= 4 is 16.8 Å². The molecule has 3 rings (SSSR count). The van der Waals surface area contributed by atoms with Crippen molar-refractivity contribution in [2.45, 2.75) is 13.5 Å². The fraction of sp³-hybridized carbons (Fsp3) is 0.143. The van der Waals surface area contributed by atoms with E-state index in [-0.39, 0.29) is 0 Å². The van der Waals surface area contributed by atoms with Gasteiger partial charge in [0, 0.05) is 11.4 Å². The summed E-state index contributed by atoms with van der Waals surface area (Å²) >= 11 is 0. The Hall–Kier alpha value is -2.56. The van der Waals surface area contributed by atoms with Gasteiger partial charge in [-0.1, -0.05) is 6.07 Å². The number of hydrogen-bond acceptors (Lipinski definition) is 4. The molecule has 0 unspecified atom stereocenters. The van der Waals surface area contributed by atoms with Crippen LogP contribution in [-0.2, 0) is 6.54 Å². The molecule has 19 heavy (non-hydrogen) atoms. The van der Waals surface area contributed by atoms with E-state index in [4.69, 9.17) is 10.2 Å². The Bertz CT molecular complexity index is 802. The van der Waals surface area contributed by atoms with Crippen molar-refractivity contribution in [2.24, 2.45) is 0 Å². The quantitative estimate of drug-likeness (QED) is 0.710. The van der Waals surface area contributed by atoms with E-state index in [1.807, 2.05) is 25.1 Å². The van der Waals surface area contributed by atoms with E-state index in [1.165, 1.54) is 4.57 Å². The van der Waals surface area contributed by atoms with Gasteiger partial charge in [0.25, 0.3) is 0 Å². The number of nitrogens with zero attached hydrogens (tertiary/aromatic N) is 2. The number of rotatable bonds is 2. The lowest BCUT2D eigenvalue weighted by molar-refractivity contribution is 0.516. The van der Waals surface area contributed by atoms with Crippen LogP contribution < -0.4 is 11.5 Å². The average Bonchev–Trinajstić information content (AvgIpc) is 2.66. The van der Waals surface area contributed by atoms with Gasteiger partial charge >= 0.3 is 5.76 Å². The molecule has 0 spiro atoms. The molecule has 0 atom stereocenters. The number of benzene rings is 1. The van der Waals surface area contributed by atoms with Crippen LogP contribution in [0.15, 0.2) is 45.6 Å². The Morgan fingerprint density at radius 1 is 1.32 bits per heavy atom. The van der Waals surface area contributed by atoms with Crippen LogP contribution in [0.25, 0.3) is 11.1 Å². The number of hydrogen-bond donors (Lipinski definition) is 1. The predicted molar refractivity (Wildman–Crippen MR) is 73.0 cm³/mol. The summed E-state index contributed by atoms with van der Waals surface area (Å²) in [6, 6.07) is 10.9. The van der Waals surface area contributed by atoms with Crippen molar-refractivity contribution in [1.82, 2.24) is 9.55 Å². The number of nitrogen functional groups attached to an aromatic ring is 1. The summed E-state index contributed by atoms with van der Waals surface area (Å²) in [6.45, 7) is 2.29. The Morgan fingerprint density at radius 3 is 2.95 bits per heavy atom. The highest BCUT2D eigenvalue weighted by Crippen LogP contribution is 2.17. The number of aryl methyl sites for hydroxylation is 1. The van der Waals surface area contributed by atoms with Crippen molar-refractivity contribution in [2.75, 3.05) is 5.73 Å². The first-order valence-corrected chi connectivity index (χ1v) is 5.95. The summed E-state index contributed by atoms with van der Waals surface area (Å²) in [7, 11) is 0. The van der Waals surface area contributed by atoms with Gasteiger partial charge in [0.05, 0.1) is 17.8 Å².